The van der Waals surface area contributed by atoms with Crippen LogP contribution in [0.5, 0.6) is 0 Å². The fraction of sp³-hybridized carbons (Fsp3) is 0.364. The second-order valence-corrected chi connectivity index (χ2v) is 10.8. The van der Waals surface area contributed by atoms with Crippen molar-refractivity contribution in [1.82, 2.24) is 30.6 Å². The maximum absolute atomic E-state index is 14.0. The Hall–Kier alpha value is -4.73. The number of nitrogens with zero attached hydrogens (tertiary/aromatic N) is 5. The van der Waals surface area contributed by atoms with Crippen molar-refractivity contribution in [3.63, 3.8) is 0 Å². The Labute approximate surface area is 251 Å². The van der Waals surface area contributed by atoms with Gasteiger partial charge in [-0.3, -0.25) is 19.3 Å². The first-order valence-electron chi connectivity index (χ1n) is 15.0. The van der Waals surface area contributed by atoms with Gasteiger partial charge in [0, 0.05) is 59.2 Å². The fourth-order valence-corrected chi connectivity index (χ4v) is 5.38. The van der Waals surface area contributed by atoms with E-state index in [4.69, 9.17) is 0 Å². The second kappa shape index (κ2) is 13.5. The van der Waals surface area contributed by atoms with Crippen LogP contribution in [0.2, 0.25) is 0 Å². The monoisotopic (exact) mass is 579 g/mol. The van der Waals surface area contributed by atoms with E-state index in [2.05, 4.69) is 44.9 Å². The molecule has 0 fully saturated rings. The minimum atomic E-state index is -0.386. The third-order valence-corrected chi connectivity index (χ3v) is 7.63. The van der Waals surface area contributed by atoms with Crippen molar-refractivity contribution in [1.29, 1.82) is 0 Å². The normalized spacial score (nSPS) is 12.6. The van der Waals surface area contributed by atoms with Gasteiger partial charge >= 0.3 is 0 Å². The van der Waals surface area contributed by atoms with E-state index in [0.29, 0.717) is 34.6 Å². The number of nitrogens with one attached hydrogen (secondary N) is 2. The number of aryl methyl sites for hydroxylation is 1. The van der Waals surface area contributed by atoms with Gasteiger partial charge in [0.1, 0.15) is 0 Å². The lowest BCUT2D eigenvalue weighted by molar-refractivity contribution is -0.121. The van der Waals surface area contributed by atoms with Crippen LogP contribution in [-0.4, -0.2) is 62.7 Å². The standard InChI is InChI=1S/C33H37N7O3/c1-4-6-8-13-29(41)35-17-18-40-32(42)25-14-15-28(34-16-7-5-2)26-19-22(20-27(30(25)26)33(40)43)23-11-9-10-12-24(23)31-38-36-21(3)37-39-31/h9-12,14-15,19-20,34H,4-8,13,16-18H2,1-3H3,(H,35,41). The fourth-order valence-electron chi connectivity index (χ4n) is 5.38. The van der Waals surface area contributed by atoms with E-state index in [9.17, 15) is 14.4 Å². The summed E-state index contributed by atoms with van der Waals surface area (Å²) in [6.45, 7) is 7.00. The highest BCUT2D eigenvalue weighted by molar-refractivity contribution is 6.27. The lowest BCUT2D eigenvalue weighted by atomic mass is 9.88. The Morgan fingerprint density at radius 2 is 1.51 bits per heavy atom. The topological polar surface area (TPSA) is 130 Å². The number of hydrogen-bond donors (Lipinski definition) is 2. The molecule has 0 radical (unpaired) electrons. The van der Waals surface area contributed by atoms with Crippen molar-refractivity contribution >= 4 is 34.2 Å². The van der Waals surface area contributed by atoms with Gasteiger partial charge in [0.15, 0.2) is 5.82 Å². The zero-order chi connectivity index (χ0) is 30.3. The van der Waals surface area contributed by atoms with E-state index in [1.54, 1.807) is 13.0 Å². The highest BCUT2D eigenvalue weighted by atomic mass is 16.2. The number of carbonyl (C=O) groups is 3. The van der Waals surface area contributed by atoms with E-state index < -0.39 is 0 Å². The number of amides is 3. The molecule has 1 aliphatic heterocycles. The molecule has 0 saturated carbocycles. The number of benzene rings is 3. The molecule has 222 valence electrons. The van der Waals surface area contributed by atoms with Gasteiger partial charge < -0.3 is 10.6 Å². The molecule has 2 heterocycles. The summed E-state index contributed by atoms with van der Waals surface area (Å²) in [7, 11) is 0. The molecule has 3 amide bonds. The molecule has 2 N–H and O–H groups in total. The Morgan fingerprint density at radius 3 is 2.26 bits per heavy atom. The molecule has 5 rings (SSSR count). The molecule has 1 aromatic heterocycles. The molecular weight excluding hydrogens is 542 g/mol. The van der Waals surface area contributed by atoms with Gasteiger partial charge in [-0.15, -0.1) is 20.4 Å². The summed E-state index contributed by atoms with van der Waals surface area (Å²) in [5.41, 5.74) is 4.09. The molecule has 4 aromatic rings. The molecule has 0 bridgehead atoms. The van der Waals surface area contributed by atoms with Gasteiger partial charge in [-0.25, -0.2) is 0 Å². The largest absolute Gasteiger partial charge is 0.385 e. The molecule has 10 heteroatoms. The third-order valence-electron chi connectivity index (χ3n) is 7.63. The van der Waals surface area contributed by atoms with Crippen LogP contribution in [0.1, 0.15) is 78.9 Å². The van der Waals surface area contributed by atoms with Crippen LogP contribution < -0.4 is 10.6 Å². The number of anilines is 1. The molecule has 0 aliphatic carbocycles. The van der Waals surface area contributed by atoms with Crippen LogP contribution in [0, 0.1) is 6.92 Å². The number of imide groups is 1. The van der Waals surface area contributed by atoms with Gasteiger partial charge in [-0.2, -0.15) is 0 Å². The Morgan fingerprint density at radius 1 is 0.791 bits per heavy atom. The minimum absolute atomic E-state index is 0.0724. The average Bonchev–Trinajstić information content (AvgIpc) is 3.02. The lowest BCUT2D eigenvalue weighted by Crippen LogP contribution is -2.44. The third kappa shape index (κ3) is 6.38. The van der Waals surface area contributed by atoms with Crippen LogP contribution in [0.15, 0.2) is 48.5 Å². The molecule has 10 nitrogen and oxygen atoms in total. The average molecular weight is 580 g/mol. The van der Waals surface area contributed by atoms with Crippen molar-refractivity contribution in [3.05, 3.63) is 65.5 Å². The van der Waals surface area contributed by atoms with E-state index in [1.807, 2.05) is 42.5 Å². The Kier molecular flexibility index (Phi) is 9.34. The van der Waals surface area contributed by atoms with Gasteiger partial charge in [0.05, 0.1) is 0 Å². The van der Waals surface area contributed by atoms with Gasteiger partial charge in [0.25, 0.3) is 11.8 Å². The number of carbonyl (C=O) groups excluding carboxylic acids is 3. The second-order valence-electron chi connectivity index (χ2n) is 10.8. The quantitative estimate of drug-likeness (QED) is 0.155. The van der Waals surface area contributed by atoms with Crippen molar-refractivity contribution < 1.29 is 14.4 Å². The van der Waals surface area contributed by atoms with Gasteiger partial charge in [-0.05, 0) is 55.2 Å². The van der Waals surface area contributed by atoms with Crippen molar-refractivity contribution in [2.45, 2.75) is 59.3 Å². The maximum atomic E-state index is 14.0. The summed E-state index contributed by atoms with van der Waals surface area (Å²) in [5.74, 6) is 0.0303. The summed E-state index contributed by atoms with van der Waals surface area (Å²) in [5, 5.41) is 24.5. The number of unbranched alkanes of at least 4 members (excludes halogenated alkanes) is 3. The SMILES string of the molecule is CCCCCC(=O)NCCN1C(=O)c2ccc(NCCCC)c3cc(-c4ccccc4-c4nnc(C)nn4)cc(c23)C1=O. The predicted octanol–water partition coefficient (Wildman–Crippen LogP) is 5.57. The zero-order valence-electron chi connectivity index (χ0n) is 24.9. The smallest absolute Gasteiger partial charge is 0.261 e. The first-order chi connectivity index (χ1) is 20.9. The van der Waals surface area contributed by atoms with Gasteiger partial charge in [-0.1, -0.05) is 57.4 Å². The molecule has 0 spiro atoms. The number of rotatable bonds is 13. The predicted molar refractivity (Wildman–Crippen MR) is 167 cm³/mol. The Balaban J connectivity index is 1.56. The first kappa shape index (κ1) is 29.8. The van der Waals surface area contributed by atoms with E-state index in [0.717, 1.165) is 66.4 Å². The summed E-state index contributed by atoms with van der Waals surface area (Å²) >= 11 is 0. The summed E-state index contributed by atoms with van der Waals surface area (Å²) in [4.78, 5) is 41.1. The molecule has 0 atom stereocenters. The lowest BCUT2D eigenvalue weighted by Gasteiger charge is -2.28. The van der Waals surface area contributed by atoms with E-state index >= 15 is 0 Å². The van der Waals surface area contributed by atoms with Crippen LogP contribution >= 0.6 is 0 Å². The highest BCUT2D eigenvalue weighted by Crippen LogP contribution is 2.40. The van der Waals surface area contributed by atoms with Crippen molar-refractivity contribution in [3.8, 4) is 22.5 Å². The van der Waals surface area contributed by atoms with Crippen LogP contribution in [-0.2, 0) is 4.79 Å². The molecule has 43 heavy (non-hydrogen) atoms. The minimum Gasteiger partial charge on any atom is -0.385 e. The van der Waals surface area contributed by atoms with Crippen molar-refractivity contribution in [2.75, 3.05) is 25.0 Å². The Bertz CT molecular complexity index is 1650. The number of hydrogen-bond acceptors (Lipinski definition) is 8. The first-order valence-corrected chi connectivity index (χ1v) is 15.0. The summed E-state index contributed by atoms with van der Waals surface area (Å²) in [6.07, 6.45) is 5.29. The molecule has 0 saturated heterocycles. The maximum Gasteiger partial charge on any atom is 0.261 e. The van der Waals surface area contributed by atoms with Crippen LogP contribution in [0.3, 0.4) is 0 Å². The zero-order valence-corrected chi connectivity index (χ0v) is 24.9. The van der Waals surface area contributed by atoms with E-state index in [1.165, 1.54) is 4.90 Å². The molecule has 1 aliphatic rings. The molecule has 3 aromatic carbocycles. The molecular formula is C33H37N7O3. The summed E-state index contributed by atoms with van der Waals surface area (Å²) in [6, 6.07) is 15.2. The summed E-state index contributed by atoms with van der Waals surface area (Å²) < 4.78 is 0. The van der Waals surface area contributed by atoms with Gasteiger partial charge in [0.2, 0.25) is 11.7 Å². The molecule has 0 unspecified atom stereocenters. The highest BCUT2D eigenvalue weighted by Gasteiger charge is 2.34. The number of aromatic nitrogens is 4. The van der Waals surface area contributed by atoms with Crippen LogP contribution in [0.4, 0.5) is 5.69 Å². The van der Waals surface area contributed by atoms with Crippen molar-refractivity contribution in [2.24, 2.45) is 0 Å². The van der Waals surface area contributed by atoms with Crippen LogP contribution in [0.25, 0.3) is 33.3 Å². The van der Waals surface area contributed by atoms with E-state index in [-0.39, 0.29) is 30.8 Å².